The normalized spacial score (nSPS) is 13.7. The van der Waals surface area contributed by atoms with Crippen LogP contribution in [-0.2, 0) is 9.53 Å². The number of ether oxygens (including phenoxy) is 2. The van der Waals surface area contributed by atoms with E-state index in [1.807, 2.05) is 24.3 Å². The predicted octanol–water partition coefficient (Wildman–Crippen LogP) is 2.94. The Labute approximate surface area is 124 Å². The first-order valence-electron chi connectivity index (χ1n) is 6.77. The average Bonchev–Trinajstić information content (AvgIpc) is 3.24. The lowest BCUT2D eigenvalue weighted by Crippen LogP contribution is -2.33. The lowest BCUT2D eigenvalue weighted by atomic mass is 10.2. The van der Waals surface area contributed by atoms with E-state index in [0.29, 0.717) is 17.6 Å². The van der Waals surface area contributed by atoms with E-state index in [1.165, 1.54) is 0 Å². The number of thiocarbonyl (C=S) groups is 1. The van der Waals surface area contributed by atoms with E-state index < -0.39 is 0 Å². The highest BCUT2D eigenvalue weighted by Gasteiger charge is 2.32. The Kier molecular flexibility index (Phi) is 4.95. The van der Waals surface area contributed by atoms with E-state index in [-0.39, 0.29) is 12.4 Å². The van der Waals surface area contributed by atoms with E-state index in [2.05, 4.69) is 4.90 Å². The van der Waals surface area contributed by atoms with Crippen LogP contribution in [0.25, 0.3) is 0 Å². The number of benzene rings is 1. The number of hydrogen-bond donors (Lipinski definition) is 0. The molecule has 0 aromatic heterocycles. The molecule has 20 heavy (non-hydrogen) atoms. The van der Waals surface area contributed by atoms with Crippen molar-refractivity contribution in [3.63, 3.8) is 0 Å². The third-order valence-electron chi connectivity index (χ3n) is 3.13. The quantitative estimate of drug-likeness (QED) is 0.595. The fourth-order valence-electron chi connectivity index (χ4n) is 2.05. The lowest BCUT2D eigenvalue weighted by molar-refractivity contribution is -0.141. The highest BCUT2D eigenvalue weighted by molar-refractivity contribution is 7.80. The summed E-state index contributed by atoms with van der Waals surface area (Å²) in [5.41, 5.74) is 1.00. The van der Waals surface area contributed by atoms with Gasteiger partial charge in [-0.15, -0.1) is 0 Å². The Morgan fingerprint density at radius 2 is 2.00 bits per heavy atom. The molecule has 0 spiro atoms. The van der Waals surface area contributed by atoms with E-state index >= 15 is 0 Å². The number of carbonyl (C=O) groups is 1. The minimum atomic E-state index is -0.267. The SMILES string of the molecule is CCOC(=O)CC(=S)N(c1ccc(OC)cc1)C1CC1. The molecule has 2 rings (SSSR count). The fraction of sp³-hybridized carbons (Fsp3) is 0.467. The number of carbonyl (C=O) groups excluding carboxylic acids is 1. The third-order valence-corrected chi connectivity index (χ3v) is 3.47. The van der Waals surface area contributed by atoms with Gasteiger partial charge in [-0.1, -0.05) is 12.2 Å². The average molecular weight is 293 g/mol. The van der Waals surface area contributed by atoms with Crippen molar-refractivity contribution in [2.45, 2.75) is 32.2 Å². The number of methoxy groups -OCH3 is 1. The maximum absolute atomic E-state index is 11.6. The summed E-state index contributed by atoms with van der Waals surface area (Å²) in [6, 6.07) is 8.14. The van der Waals surface area contributed by atoms with Gasteiger partial charge in [-0.05, 0) is 44.0 Å². The van der Waals surface area contributed by atoms with Crippen molar-refractivity contribution in [1.82, 2.24) is 0 Å². The summed E-state index contributed by atoms with van der Waals surface area (Å²) in [6.45, 7) is 2.18. The first kappa shape index (κ1) is 14.8. The standard InChI is InChI=1S/C15H19NO3S/c1-3-19-15(17)10-14(20)16(11-4-5-11)12-6-8-13(18-2)9-7-12/h6-9,11H,3-5,10H2,1-2H3. The van der Waals surface area contributed by atoms with E-state index in [9.17, 15) is 4.79 Å². The molecule has 1 aliphatic carbocycles. The van der Waals surface area contributed by atoms with Gasteiger partial charge in [0.05, 0.1) is 25.1 Å². The Morgan fingerprint density at radius 3 is 2.50 bits per heavy atom. The molecule has 1 aromatic carbocycles. The van der Waals surface area contributed by atoms with Crippen LogP contribution in [0.4, 0.5) is 5.69 Å². The zero-order valence-corrected chi connectivity index (χ0v) is 12.6. The topological polar surface area (TPSA) is 38.8 Å². The summed E-state index contributed by atoms with van der Waals surface area (Å²) >= 11 is 5.42. The van der Waals surface area contributed by atoms with Gasteiger partial charge >= 0.3 is 5.97 Å². The second-order valence-electron chi connectivity index (χ2n) is 4.67. The molecule has 108 valence electrons. The predicted molar refractivity (Wildman–Crippen MR) is 82.3 cm³/mol. The summed E-state index contributed by atoms with van der Waals surface area (Å²) < 4.78 is 10.1. The maximum atomic E-state index is 11.6. The summed E-state index contributed by atoms with van der Waals surface area (Å²) in [5, 5.41) is 0. The number of hydrogen-bond acceptors (Lipinski definition) is 4. The van der Waals surface area contributed by atoms with E-state index in [4.69, 9.17) is 21.7 Å². The highest BCUT2D eigenvalue weighted by atomic mass is 32.1. The van der Waals surface area contributed by atoms with Gasteiger partial charge in [0.15, 0.2) is 0 Å². The Bertz CT molecular complexity index is 482. The van der Waals surface area contributed by atoms with Crippen molar-refractivity contribution in [1.29, 1.82) is 0 Å². The van der Waals surface area contributed by atoms with Gasteiger partial charge in [0.1, 0.15) is 5.75 Å². The number of anilines is 1. The molecule has 1 fully saturated rings. The fourth-order valence-corrected chi connectivity index (χ4v) is 2.43. The molecule has 1 saturated carbocycles. The van der Waals surface area contributed by atoms with Gasteiger partial charge in [0.25, 0.3) is 0 Å². The van der Waals surface area contributed by atoms with Crippen molar-refractivity contribution < 1.29 is 14.3 Å². The second kappa shape index (κ2) is 6.70. The van der Waals surface area contributed by atoms with Crippen molar-refractivity contribution in [3.05, 3.63) is 24.3 Å². The Hall–Kier alpha value is -1.62. The molecule has 0 saturated heterocycles. The maximum Gasteiger partial charge on any atom is 0.312 e. The summed E-state index contributed by atoms with van der Waals surface area (Å²) in [5.74, 6) is 0.539. The van der Waals surface area contributed by atoms with Gasteiger partial charge in [-0.25, -0.2) is 0 Å². The first-order valence-corrected chi connectivity index (χ1v) is 7.18. The molecule has 4 nitrogen and oxygen atoms in total. The third kappa shape index (κ3) is 3.70. The lowest BCUT2D eigenvalue weighted by Gasteiger charge is -2.25. The zero-order valence-electron chi connectivity index (χ0n) is 11.8. The summed E-state index contributed by atoms with van der Waals surface area (Å²) in [4.78, 5) is 14.3. The number of esters is 1. The largest absolute Gasteiger partial charge is 0.497 e. The van der Waals surface area contributed by atoms with Gasteiger partial charge in [0.2, 0.25) is 0 Å². The van der Waals surface area contributed by atoms with Crippen LogP contribution in [0, 0.1) is 0 Å². The molecular weight excluding hydrogens is 274 g/mol. The second-order valence-corrected chi connectivity index (χ2v) is 5.15. The van der Waals surface area contributed by atoms with E-state index in [1.54, 1.807) is 14.0 Å². The van der Waals surface area contributed by atoms with Crippen LogP contribution in [0.2, 0.25) is 0 Å². The van der Waals surface area contributed by atoms with Crippen molar-refractivity contribution >= 4 is 28.9 Å². The molecule has 5 heteroatoms. The molecular formula is C15H19NO3S. The molecule has 0 heterocycles. The van der Waals surface area contributed by atoms with Crippen LogP contribution in [0.15, 0.2) is 24.3 Å². The summed E-state index contributed by atoms with van der Waals surface area (Å²) in [6.07, 6.45) is 2.37. The van der Waals surface area contributed by atoms with Crippen molar-refractivity contribution in [2.75, 3.05) is 18.6 Å². The monoisotopic (exact) mass is 293 g/mol. The van der Waals surface area contributed by atoms with Crippen LogP contribution in [-0.4, -0.2) is 30.7 Å². The molecule has 0 atom stereocenters. The molecule has 0 N–H and O–H groups in total. The minimum Gasteiger partial charge on any atom is -0.497 e. The molecule has 1 aromatic rings. The van der Waals surface area contributed by atoms with Crippen LogP contribution >= 0.6 is 12.2 Å². The number of rotatable bonds is 6. The zero-order chi connectivity index (χ0) is 14.5. The van der Waals surface area contributed by atoms with Crippen LogP contribution < -0.4 is 9.64 Å². The molecule has 0 unspecified atom stereocenters. The van der Waals surface area contributed by atoms with Gasteiger partial charge < -0.3 is 14.4 Å². The Balaban J connectivity index is 2.09. The first-order chi connectivity index (χ1) is 9.65. The smallest absolute Gasteiger partial charge is 0.312 e. The van der Waals surface area contributed by atoms with Crippen LogP contribution in [0.3, 0.4) is 0 Å². The number of nitrogens with zero attached hydrogens (tertiary/aromatic N) is 1. The van der Waals surface area contributed by atoms with Gasteiger partial charge in [0, 0.05) is 11.7 Å². The Morgan fingerprint density at radius 1 is 1.35 bits per heavy atom. The van der Waals surface area contributed by atoms with Gasteiger partial charge in [-0.2, -0.15) is 0 Å². The van der Waals surface area contributed by atoms with Gasteiger partial charge in [-0.3, -0.25) is 4.79 Å². The summed E-state index contributed by atoms with van der Waals surface area (Å²) in [7, 11) is 1.64. The van der Waals surface area contributed by atoms with E-state index in [0.717, 1.165) is 24.3 Å². The molecule has 0 aliphatic heterocycles. The molecule has 0 radical (unpaired) electrons. The molecule has 0 bridgehead atoms. The van der Waals surface area contributed by atoms with Crippen LogP contribution in [0.5, 0.6) is 5.75 Å². The molecule has 0 amide bonds. The van der Waals surface area contributed by atoms with Crippen molar-refractivity contribution in [2.24, 2.45) is 0 Å². The van der Waals surface area contributed by atoms with Crippen LogP contribution in [0.1, 0.15) is 26.2 Å². The minimum absolute atomic E-state index is 0.158. The molecule has 1 aliphatic rings. The highest BCUT2D eigenvalue weighted by Crippen LogP contribution is 2.33. The van der Waals surface area contributed by atoms with Crippen molar-refractivity contribution in [3.8, 4) is 5.75 Å².